The largest absolute Gasteiger partial charge is 0.326 e. The molecule has 0 aliphatic heterocycles. The minimum absolute atomic E-state index is 0.0563. The number of anilines is 2. The van der Waals surface area contributed by atoms with Gasteiger partial charge in [0.15, 0.2) is 0 Å². The Morgan fingerprint density at radius 3 is 2.38 bits per heavy atom. The fourth-order valence-corrected chi connectivity index (χ4v) is 1.87. The maximum absolute atomic E-state index is 12.2. The van der Waals surface area contributed by atoms with E-state index in [-0.39, 0.29) is 11.8 Å². The maximum Gasteiger partial charge on any atom is 0.255 e. The molecular formula is C17H18N2O2. The molecule has 0 radical (unpaired) electrons. The van der Waals surface area contributed by atoms with Crippen molar-refractivity contribution in [2.24, 2.45) is 0 Å². The first-order valence-electron chi connectivity index (χ1n) is 6.87. The molecule has 2 N–H and O–H groups in total. The Balaban J connectivity index is 2.17. The number of nitrogens with one attached hydrogen (secondary N) is 2. The summed E-state index contributed by atoms with van der Waals surface area (Å²) in [6.45, 7) is 3.70. The number of carbonyl (C=O) groups excluding carboxylic acids is 2. The molecule has 0 aliphatic carbocycles. The van der Waals surface area contributed by atoms with Crippen LogP contribution in [0.3, 0.4) is 0 Å². The molecule has 0 bridgehead atoms. The predicted octanol–water partition coefficient (Wildman–Crippen LogP) is 3.60. The Bertz CT molecular complexity index is 651. The van der Waals surface area contributed by atoms with E-state index in [1.807, 2.05) is 37.3 Å². The van der Waals surface area contributed by atoms with Crippen molar-refractivity contribution in [3.8, 4) is 0 Å². The first kappa shape index (κ1) is 14.8. The number of hydrogen-bond donors (Lipinski definition) is 2. The Hall–Kier alpha value is -2.62. The van der Waals surface area contributed by atoms with Crippen LogP contribution in [0.1, 0.15) is 29.3 Å². The standard InChI is InChI=1S/C17H18N2O2/c1-3-16(20)18-14-10-9-12(2)15(11-14)19-17(21)13-7-5-4-6-8-13/h4-11H,3H2,1-2H3,(H,18,20)(H,19,21). The monoisotopic (exact) mass is 282 g/mol. The van der Waals surface area contributed by atoms with Gasteiger partial charge in [-0.25, -0.2) is 0 Å². The van der Waals surface area contributed by atoms with E-state index in [2.05, 4.69) is 10.6 Å². The average Bonchev–Trinajstić information content (AvgIpc) is 2.51. The molecule has 108 valence electrons. The van der Waals surface area contributed by atoms with E-state index in [4.69, 9.17) is 0 Å². The lowest BCUT2D eigenvalue weighted by atomic mass is 10.1. The van der Waals surface area contributed by atoms with E-state index < -0.39 is 0 Å². The molecular weight excluding hydrogens is 264 g/mol. The van der Waals surface area contributed by atoms with Crippen LogP contribution < -0.4 is 10.6 Å². The minimum atomic E-state index is -0.169. The SMILES string of the molecule is CCC(=O)Nc1ccc(C)c(NC(=O)c2ccccc2)c1. The van der Waals surface area contributed by atoms with Crippen molar-refractivity contribution < 1.29 is 9.59 Å². The predicted molar refractivity (Wildman–Crippen MR) is 84.5 cm³/mol. The van der Waals surface area contributed by atoms with Gasteiger partial charge in [-0.05, 0) is 36.8 Å². The summed E-state index contributed by atoms with van der Waals surface area (Å²) in [5.41, 5.74) is 2.90. The number of amides is 2. The molecule has 4 nitrogen and oxygen atoms in total. The van der Waals surface area contributed by atoms with Crippen molar-refractivity contribution in [3.63, 3.8) is 0 Å². The highest BCUT2D eigenvalue weighted by atomic mass is 16.2. The van der Waals surface area contributed by atoms with Crippen molar-refractivity contribution >= 4 is 23.2 Å². The highest BCUT2D eigenvalue weighted by Gasteiger charge is 2.08. The van der Waals surface area contributed by atoms with Gasteiger partial charge in [-0.1, -0.05) is 31.2 Å². The van der Waals surface area contributed by atoms with Crippen LogP contribution in [-0.4, -0.2) is 11.8 Å². The van der Waals surface area contributed by atoms with E-state index >= 15 is 0 Å². The van der Waals surface area contributed by atoms with E-state index in [0.29, 0.717) is 23.4 Å². The van der Waals surface area contributed by atoms with Crippen molar-refractivity contribution in [2.75, 3.05) is 10.6 Å². The third-order valence-electron chi connectivity index (χ3n) is 3.13. The molecule has 2 amide bonds. The summed E-state index contributed by atoms with van der Waals surface area (Å²) in [6.07, 6.45) is 0.416. The normalized spacial score (nSPS) is 10.0. The quantitative estimate of drug-likeness (QED) is 0.900. The van der Waals surface area contributed by atoms with E-state index in [1.165, 1.54) is 0 Å². The maximum atomic E-state index is 12.2. The summed E-state index contributed by atoms with van der Waals surface area (Å²) in [5.74, 6) is -0.225. The molecule has 0 aromatic heterocycles. The molecule has 0 atom stereocenters. The van der Waals surface area contributed by atoms with Crippen LogP contribution in [0.15, 0.2) is 48.5 Å². The molecule has 0 heterocycles. The van der Waals surface area contributed by atoms with E-state index in [9.17, 15) is 9.59 Å². The van der Waals surface area contributed by atoms with Gasteiger partial charge in [-0.15, -0.1) is 0 Å². The fourth-order valence-electron chi connectivity index (χ4n) is 1.87. The van der Waals surface area contributed by atoms with Gasteiger partial charge in [0, 0.05) is 23.4 Å². The molecule has 0 saturated carbocycles. The topological polar surface area (TPSA) is 58.2 Å². The summed E-state index contributed by atoms with van der Waals surface area (Å²) in [7, 11) is 0. The summed E-state index contributed by atoms with van der Waals surface area (Å²) in [4.78, 5) is 23.6. The van der Waals surface area contributed by atoms with Gasteiger partial charge in [0.25, 0.3) is 5.91 Å². The third kappa shape index (κ3) is 3.92. The second-order valence-electron chi connectivity index (χ2n) is 4.75. The lowest BCUT2D eigenvalue weighted by molar-refractivity contribution is -0.115. The van der Waals surface area contributed by atoms with Crippen LogP contribution in [0, 0.1) is 6.92 Å². The van der Waals surface area contributed by atoms with Gasteiger partial charge >= 0.3 is 0 Å². The van der Waals surface area contributed by atoms with Crippen LogP contribution >= 0.6 is 0 Å². The van der Waals surface area contributed by atoms with Crippen molar-refractivity contribution in [1.82, 2.24) is 0 Å². The highest BCUT2D eigenvalue weighted by molar-refractivity contribution is 6.05. The van der Waals surface area contributed by atoms with Crippen LogP contribution in [0.5, 0.6) is 0 Å². The zero-order valence-electron chi connectivity index (χ0n) is 12.1. The van der Waals surface area contributed by atoms with Crippen LogP contribution in [0.2, 0.25) is 0 Å². The first-order valence-corrected chi connectivity index (χ1v) is 6.87. The zero-order valence-corrected chi connectivity index (χ0v) is 12.1. The molecule has 2 aromatic carbocycles. The second-order valence-corrected chi connectivity index (χ2v) is 4.75. The molecule has 0 spiro atoms. The van der Waals surface area contributed by atoms with Gasteiger partial charge in [-0.2, -0.15) is 0 Å². The third-order valence-corrected chi connectivity index (χ3v) is 3.13. The number of carbonyl (C=O) groups is 2. The molecule has 21 heavy (non-hydrogen) atoms. The van der Waals surface area contributed by atoms with Gasteiger partial charge in [0.1, 0.15) is 0 Å². The van der Waals surface area contributed by atoms with Gasteiger partial charge in [0.05, 0.1) is 0 Å². The van der Waals surface area contributed by atoms with Gasteiger partial charge < -0.3 is 10.6 Å². The molecule has 0 fully saturated rings. The molecule has 0 aliphatic rings. The second kappa shape index (κ2) is 6.70. The number of aryl methyl sites for hydroxylation is 1. The summed E-state index contributed by atoms with van der Waals surface area (Å²) in [6, 6.07) is 14.5. The van der Waals surface area contributed by atoms with Gasteiger partial charge in [-0.3, -0.25) is 9.59 Å². The lowest BCUT2D eigenvalue weighted by Crippen LogP contribution is -2.14. The Kier molecular flexibility index (Phi) is 4.72. The number of hydrogen-bond acceptors (Lipinski definition) is 2. The Labute approximate surface area is 124 Å². The molecule has 2 aromatic rings. The van der Waals surface area contributed by atoms with Crippen LogP contribution in [-0.2, 0) is 4.79 Å². The summed E-state index contributed by atoms with van der Waals surface area (Å²) >= 11 is 0. The van der Waals surface area contributed by atoms with E-state index in [0.717, 1.165) is 5.56 Å². The molecule has 0 saturated heterocycles. The Morgan fingerprint density at radius 2 is 1.71 bits per heavy atom. The lowest BCUT2D eigenvalue weighted by Gasteiger charge is -2.11. The average molecular weight is 282 g/mol. The number of rotatable bonds is 4. The van der Waals surface area contributed by atoms with Crippen molar-refractivity contribution in [3.05, 3.63) is 59.7 Å². The summed E-state index contributed by atoms with van der Waals surface area (Å²) < 4.78 is 0. The zero-order chi connectivity index (χ0) is 15.2. The van der Waals surface area contributed by atoms with Crippen LogP contribution in [0.4, 0.5) is 11.4 Å². The van der Waals surface area contributed by atoms with Crippen molar-refractivity contribution in [2.45, 2.75) is 20.3 Å². The first-order chi connectivity index (χ1) is 10.1. The molecule has 4 heteroatoms. The van der Waals surface area contributed by atoms with Crippen molar-refractivity contribution in [1.29, 1.82) is 0 Å². The summed E-state index contributed by atoms with van der Waals surface area (Å²) in [5, 5.41) is 5.65. The molecule has 0 unspecified atom stereocenters. The van der Waals surface area contributed by atoms with E-state index in [1.54, 1.807) is 25.1 Å². The van der Waals surface area contributed by atoms with Gasteiger partial charge in [0.2, 0.25) is 5.91 Å². The van der Waals surface area contributed by atoms with Crippen LogP contribution in [0.25, 0.3) is 0 Å². The smallest absolute Gasteiger partial charge is 0.255 e. The number of benzene rings is 2. The minimum Gasteiger partial charge on any atom is -0.326 e. The molecule has 2 rings (SSSR count). The highest BCUT2D eigenvalue weighted by Crippen LogP contribution is 2.21. The fraction of sp³-hybridized carbons (Fsp3) is 0.176. The Morgan fingerprint density at radius 1 is 1.00 bits per heavy atom.